The van der Waals surface area contributed by atoms with E-state index in [4.69, 9.17) is 0 Å². The average Bonchev–Trinajstić information content (AvgIpc) is 3.08. The van der Waals surface area contributed by atoms with Gasteiger partial charge in [0, 0.05) is 37.3 Å². The number of aromatic amines is 1. The molecular weight excluding hydrogens is 324 g/mol. The standard InChI is InChI=1S/C15H16N8O2/c1-10(4-11-5-16-2-3-18-11)21-14(24)12-6-19-13(22-15(12)25)7-23-9-17-8-20-23/h2-3,5-6,8-10H,4,7H2,1H3,(H,21,24)(H,19,22,25). The molecule has 1 atom stereocenters. The van der Waals surface area contributed by atoms with Crippen LogP contribution in [0.4, 0.5) is 0 Å². The molecule has 3 aromatic heterocycles. The van der Waals surface area contributed by atoms with Crippen molar-refractivity contribution in [2.75, 3.05) is 0 Å². The Morgan fingerprint density at radius 3 is 2.84 bits per heavy atom. The third kappa shape index (κ3) is 4.31. The summed E-state index contributed by atoms with van der Waals surface area (Å²) in [5.41, 5.74) is 0.202. The highest BCUT2D eigenvalue weighted by atomic mass is 16.2. The number of nitrogens with one attached hydrogen (secondary N) is 2. The summed E-state index contributed by atoms with van der Waals surface area (Å²) in [7, 11) is 0. The Morgan fingerprint density at radius 2 is 2.16 bits per heavy atom. The Hall–Kier alpha value is -3.43. The highest BCUT2D eigenvalue weighted by molar-refractivity contribution is 5.93. The molecule has 0 bridgehead atoms. The molecule has 1 amide bonds. The van der Waals surface area contributed by atoms with E-state index in [-0.39, 0.29) is 18.2 Å². The zero-order chi connectivity index (χ0) is 17.6. The third-order valence-electron chi connectivity index (χ3n) is 3.38. The zero-order valence-corrected chi connectivity index (χ0v) is 13.5. The van der Waals surface area contributed by atoms with Gasteiger partial charge in [0.25, 0.3) is 11.5 Å². The largest absolute Gasteiger partial charge is 0.349 e. The number of aromatic nitrogens is 7. The van der Waals surface area contributed by atoms with E-state index in [2.05, 4.69) is 35.3 Å². The summed E-state index contributed by atoms with van der Waals surface area (Å²) in [6, 6.07) is -0.210. The Labute approximate surface area is 142 Å². The van der Waals surface area contributed by atoms with Crippen molar-refractivity contribution in [3.63, 3.8) is 0 Å². The van der Waals surface area contributed by atoms with Gasteiger partial charge in [-0.3, -0.25) is 19.6 Å². The van der Waals surface area contributed by atoms with Crippen LogP contribution >= 0.6 is 0 Å². The lowest BCUT2D eigenvalue weighted by atomic mass is 10.2. The molecule has 3 aromatic rings. The molecule has 3 rings (SSSR count). The minimum absolute atomic E-state index is 0.0478. The highest BCUT2D eigenvalue weighted by Gasteiger charge is 2.15. The second kappa shape index (κ2) is 7.43. The van der Waals surface area contributed by atoms with E-state index in [1.54, 1.807) is 18.6 Å². The van der Waals surface area contributed by atoms with Crippen LogP contribution in [0.25, 0.3) is 0 Å². The maximum Gasteiger partial charge on any atom is 0.263 e. The van der Waals surface area contributed by atoms with Crippen LogP contribution in [0, 0.1) is 0 Å². The van der Waals surface area contributed by atoms with Gasteiger partial charge in [0.05, 0.1) is 5.69 Å². The van der Waals surface area contributed by atoms with Crippen molar-refractivity contribution in [2.45, 2.75) is 25.9 Å². The first-order valence-corrected chi connectivity index (χ1v) is 7.58. The molecule has 1 unspecified atom stereocenters. The van der Waals surface area contributed by atoms with Gasteiger partial charge < -0.3 is 10.3 Å². The molecule has 128 valence electrons. The molecule has 10 heteroatoms. The number of nitrogens with zero attached hydrogens (tertiary/aromatic N) is 6. The normalized spacial score (nSPS) is 11.9. The smallest absolute Gasteiger partial charge is 0.263 e. The van der Waals surface area contributed by atoms with Gasteiger partial charge in [0.1, 0.15) is 30.6 Å². The van der Waals surface area contributed by atoms with E-state index < -0.39 is 11.5 Å². The Morgan fingerprint density at radius 1 is 1.28 bits per heavy atom. The molecule has 0 aliphatic heterocycles. The number of rotatable bonds is 6. The maximum absolute atomic E-state index is 12.3. The highest BCUT2D eigenvalue weighted by Crippen LogP contribution is 1.99. The van der Waals surface area contributed by atoms with E-state index in [0.717, 1.165) is 5.69 Å². The van der Waals surface area contributed by atoms with Crippen LogP contribution in [0.1, 0.15) is 28.8 Å². The summed E-state index contributed by atoms with van der Waals surface area (Å²) in [6.07, 6.45) is 9.47. The predicted octanol–water partition coefficient (Wildman–Crippen LogP) is -0.439. The first kappa shape index (κ1) is 16.4. The summed E-state index contributed by atoms with van der Waals surface area (Å²) in [6.45, 7) is 2.09. The van der Waals surface area contributed by atoms with Gasteiger partial charge in [-0.25, -0.2) is 14.6 Å². The van der Waals surface area contributed by atoms with Crippen LogP contribution in [0.3, 0.4) is 0 Å². The van der Waals surface area contributed by atoms with Crippen LogP contribution in [-0.4, -0.2) is 46.6 Å². The maximum atomic E-state index is 12.3. The van der Waals surface area contributed by atoms with Crippen molar-refractivity contribution in [3.05, 3.63) is 64.9 Å². The van der Waals surface area contributed by atoms with Crippen molar-refractivity contribution in [3.8, 4) is 0 Å². The fraction of sp³-hybridized carbons (Fsp3) is 0.267. The number of carbonyl (C=O) groups excluding carboxylic acids is 1. The Balaban J connectivity index is 1.64. The summed E-state index contributed by atoms with van der Waals surface area (Å²) in [5, 5.41) is 6.69. The molecule has 25 heavy (non-hydrogen) atoms. The van der Waals surface area contributed by atoms with E-state index in [1.807, 2.05) is 6.92 Å². The number of carbonyl (C=O) groups is 1. The molecule has 0 aliphatic carbocycles. The second-order valence-electron chi connectivity index (χ2n) is 5.44. The monoisotopic (exact) mass is 340 g/mol. The van der Waals surface area contributed by atoms with Crippen LogP contribution < -0.4 is 10.9 Å². The first-order valence-electron chi connectivity index (χ1n) is 7.58. The predicted molar refractivity (Wildman–Crippen MR) is 86.6 cm³/mol. The topological polar surface area (TPSA) is 131 Å². The molecule has 0 saturated carbocycles. The first-order chi connectivity index (χ1) is 12.1. The van der Waals surface area contributed by atoms with Gasteiger partial charge in [-0.15, -0.1) is 0 Å². The van der Waals surface area contributed by atoms with Gasteiger partial charge in [-0.05, 0) is 6.92 Å². The van der Waals surface area contributed by atoms with Gasteiger partial charge >= 0.3 is 0 Å². The number of hydrogen-bond acceptors (Lipinski definition) is 7. The summed E-state index contributed by atoms with van der Waals surface area (Å²) in [4.78, 5) is 43.0. The van der Waals surface area contributed by atoms with E-state index in [9.17, 15) is 9.59 Å². The molecule has 10 nitrogen and oxygen atoms in total. The average molecular weight is 340 g/mol. The third-order valence-corrected chi connectivity index (χ3v) is 3.38. The van der Waals surface area contributed by atoms with Crippen molar-refractivity contribution in [1.82, 2.24) is 40.0 Å². The number of H-pyrrole nitrogens is 1. The molecule has 0 radical (unpaired) electrons. The van der Waals surface area contributed by atoms with Crippen molar-refractivity contribution in [2.24, 2.45) is 0 Å². The molecule has 2 N–H and O–H groups in total. The minimum Gasteiger partial charge on any atom is -0.349 e. The van der Waals surface area contributed by atoms with Gasteiger partial charge in [-0.2, -0.15) is 5.10 Å². The zero-order valence-electron chi connectivity index (χ0n) is 13.5. The Bertz CT molecular complexity index is 891. The molecule has 0 aliphatic rings. The van der Waals surface area contributed by atoms with Gasteiger partial charge in [0.2, 0.25) is 0 Å². The van der Waals surface area contributed by atoms with Crippen LogP contribution in [0.5, 0.6) is 0 Å². The lowest BCUT2D eigenvalue weighted by Crippen LogP contribution is -2.37. The summed E-state index contributed by atoms with van der Waals surface area (Å²) in [5.74, 6) is -0.0999. The molecular formula is C15H16N8O2. The number of amides is 1. The quantitative estimate of drug-likeness (QED) is 0.622. The lowest BCUT2D eigenvalue weighted by molar-refractivity contribution is 0.0938. The molecule has 0 saturated heterocycles. The van der Waals surface area contributed by atoms with Gasteiger partial charge in [-0.1, -0.05) is 0 Å². The van der Waals surface area contributed by atoms with Crippen LogP contribution in [0.15, 0.2) is 42.2 Å². The molecule has 3 heterocycles. The minimum atomic E-state index is -0.505. The molecule has 0 spiro atoms. The Kier molecular flexibility index (Phi) is 4.88. The SMILES string of the molecule is CC(Cc1cnccn1)NC(=O)c1cnc(Cn2cncn2)[nH]c1=O. The van der Waals surface area contributed by atoms with Crippen molar-refractivity contribution in [1.29, 1.82) is 0 Å². The fourth-order valence-corrected chi connectivity index (χ4v) is 2.24. The van der Waals surface area contributed by atoms with Crippen LogP contribution in [0.2, 0.25) is 0 Å². The summed E-state index contributed by atoms with van der Waals surface area (Å²) < 4.78 is 1.51. The van der Waals surface area contributed by atoms with E-state index >= 15 is 0 Å². The lowest BCUT2D eigenvalue weighted by Gasteiger charge is -2.13. The van der Waals surface area contributed by atoms with Crippen molar-refractivity contribution < 1.29 is 4.79 Å². The summed E-state index contributed by atoms with van der Waals surface area (Å²) >= 11 is 0. The van der Waals surface area contributed by atoms with E-state index in [0.29, 0.717) is 12.2 Å². The second-order valence-corrected chi connectivity index (χ2v) is 5.44. The van der Waals surface area contributed by atoms with Crippen LogP contribution in [-0.2, 0) is 13.0 Å². The molecule has 0 fully saturated rings. The molecule has 0 aromatic carbocycles. The van der Waals surface area contributed by atoms with Gasteiger partial charge in [0.15, 0.2) is 0 Å². The van der Waals surface area contributed by atoms with E-state index in [1.165, 1.54) is 23.5 Å². The number of hydrogen-bond donors (Lipinski definition) is 2. The fourth-order valence-electron chi connectivity index (χ4n) is 2.24. The van der Waals surface area contributed by atoms with Crippen molar-refractivity contribution >= 4 is 5.91 Å².